The number of urea groups is 1. The number of hydrogen-bond acceptors (Lipinski definition) is 6. The zero-order valence-corrected chi connectivity index (χ0v) is 24.3. The molecule has 1 fully saturated rings. The highest BCUT2D eigenvalue weighted by Gasteiger charge is 2.44. The largest absolute Gasteiger partial charge is 0.332 e. The minimum absolute atomic E-state index is 0.267. The second-order valence-electron chi connectivity index (χ2n) is 10.7. The van der Waals surface area contributed by atoms with Crippen molar-refractivity contribution in [1.29, 1.82) is 0 Å². The van der Waals surface area contributed by atoms with Gasteiger partial charge in [0.05, 0.1) is 28.2 Å². The molecule has 0 radical (unpaired) electrons. The van der Waals surface area contributed by atoms with Crippen LogP contribution >= 0.6 is 23.4 Å². The van der Waals surface area contributed by atoms with Crippen LogP contribution in [-0.2, 0) is 11.3 Å². The van der Waals surface area contributed by atoms with Crippen molar-refractivity contribution in [2.45, 2.75) is 31.2 Å². The highest BCUT2D eigenvalue weighted by atomic mass is 35.5. The van der Waals surface area contributed by atoms with Gasteiger partial charge in [0.25, 0.3) is 5.91 Å². The van der Waals surface area contributed by atoms with Gasteiger partial charge in [-0.1, -0.05) is 66.2 Å². The van der Waals surface area contributed by atoms with Crippen LogP contribution in [0.1, 0.15) is 24.8 Å². The second-order valence-corrected chi connectivity index (χ2v) is 12.2. The van der Waals surface area contributed by atoms with Crippen LogP contribution in [0.2, 0.25) is 5.02 Å². The van der Waals surface area contributed by atoms with Crippen molar-refractivity contribution < 1.29 is 9.59 Å². The van der Waals surface area contributed by atoms with Gasteiger partial charge in [-0.25, -0.2) is 9.69 Å². The van der Waals surface area contributed by atoms with Crippen LogP contribution in [0.5, 0.6) is 0 Å². The van der Waals surface area contributed by atoms with E-state index in [-0.39, 0.29) is 17.3 Å². The molecule has 1 atom stereocenters. The van der Waals surface area contributed by atoms with Crippen LogP contribution in [0, 0.1) is 0 Å². The van der Waals surface area contributed by atoms with Crippen LogP contribution in [0.4, 0.5) is 16.2 Å². The molecule has 0 aromatic heterocycles. The van der Waals surface area contributed by atoms with E-state index < -0.39 is 0 Å². The number of anilines is 2. The fraction of sp³-hybridized carbons (Fsp3) is 0.219. The summed E-state index contributed by atoms with van der Waals surface area (Å²) in [6.45, 7) is 3.21. The first-order valence-electron chi connectivity index (χ1n) is 14.1. The van der Waals surface area contributed by atoms with Crippen LogP contribution < -0.4 is 20.9 Å². The lowest BCUT2D eigenvalue weighted by Crippen LogP contribution is -2.50. The number of nitrogens with zero attached hydrogens (tertiary/aromatic N) is 3. The summed E-state index contributed by atoms with van der Waals surface area (Å²) in [4.78, 5) is 36.0. The van der Waals surface area contributed by atoms with Crippen LogP contribution in [0.3, 0.4) is 0 Å². The number of carbonyl (C=O) groups is 2. The maximum absolute atomic E-state index is 13.5. The van der Waals surface area contributed by atoms with Gasteiger partial charge < -0.3 is 16.0 Å². The summed E-state index contributed by atoms with van der Waals surface area (Å²) in [5, 5.41) is 9.49. The number of amides is 3. The van der Waals surface area contributed by atoms with Crippen molar-refractivity contribution in [3.8, 4) is 11.1 Å². The first-order chi connectivity index (χ1) is 20.5. The molecule has 10 heteroatoms. The van der Waals surface area contributed by atoms with Gasteiger partial charge in [-0.2, -0.15) is 0 Å². The Morgan fingerprint density at radius 2 is 1.64 bits per heavy atom. The molecular formula is C32H29ClN6O2S. The first kappa shape index (κ1) is 26.8. The molecule has 1 saturated heterocycles. The van der Waals surface area contributed by atoms with Crippen molar-refractivity contribution in [2.24, 2.45) is 4.99 Å². The van der Waals surface area contributed by atoms with E-state index in [1.165, 1.54) is 36.6 Å². The summed E-state index contributed by atoms with van der Waals surface area (Å²) >= 11 is 7.37. The smallest absolute Gasteiger partial charge is 0.332 e. The predicted octanol–water partition coefficient (Wildman–Crippen LogP) is 6.29. The SMILES string of the molecule is O=C(Nc1ccc(CN2CCCCC2)cc1)C1=C2NC(=O)N(c3ccc(-c4ccc(Cl)cc4)cc3)C3=C2C(N=CN3)S1. The van der Waals surface area contributed by atoms with Crippen molar-refractivity contribution in [2.75, 3.05) is 23.3 Å². The molecule has 3 N–H and O–H groups in total. The quantitative estimate of drug-likeness (QED) is 0.311. The second kappa shape index (κ2) is 11.3. The molecule has 7 rings (SSSR count). The Hall–Kier alpha value is -4.05. The minimum Gasteiger partial charge on any atom is -0.332 e. The number of carbonyl (C=O) groups excluding carboxylic acids is 2. The summed E-state index contributed by atoms with van der Waals surface area (Å²) in [5.74, 6) is 0.335. The molecule has 4 aliphatic rings. The van der Waals surface area contributed by atoms with E-state index in [9.17, 15) is 9.59 Å². The molecule has 0 saturated carbocycles. The highest BCUT2D eigenvalue weighted by Crippen LogP contribution is 2.46. The van der Waals surface area contributed by atoms with Crippen LogP contribution in [-0.4, -0.2) is 41.6 Å². The number of aliphatic imine (C=N–C) groups is 1. The molecule has 3 aromatic rings. The minimum atomic E-state index is -0.348. The Bertz CT molecular complexity index is 1630. The zero-order chi connectivity index (χ0) is 28.6. The van der Waals surface area contributed by atoms with Gasteiger partial charge in [-0.3, -0.25) is 14.7 Å². The van der Waals surface area contributed by atoms with Crippen molar-refractivity contribution in [1.82, 2.24) is 15.5 Å². The predicted molar refractivity (Wildman–Crippen MR) is 169 cm³/mol. The Balaban J connectivity index is 1.11. The normalized spacial score (nSPS) is 19.9. The van der Waals surface area contributed by atoms with Gasteiger partial charge in [0, 0.05) is 17.3 Å². The van der Waals surface area contributed by atoms with E-state index in [0.29, 0.717) is 32.8 Å². The van der Waals surface area contributed by atoms with Gasteiger partial charge in [-0.15, -0.1) is 0 Å². The maximum atomic E-state index is 13.5. The molecule has 3 amide bonds. The number of nitrogens with one attached hydrogen (secondary N) is 3. The molecule has 1 unspecified atom stereocenters. The third kappa shape index (κ3) is 5.19. The standard InChI is InChI=1S/C32H29ClN6O2S/c33-23-10-6-21(7-11-23)22-8-14-25(15-9-22)39-29-26-27(37-32(39)41)28(42-31(26)35-19-34-29)30(40)36-24-12-4-20(5-13-24)18-38-16-2-1-3-17-38/h4-15,19,31H,1-3,16-18H2,(H,34,35)(H,36,40)(H,37,41). The maximum Gasteiger partial charge on any atom is 0.332 e. The molecule has 0 spiro atoms. The van der Waals surface area contributed by atoms with Crippen molar-refractivity contribution >= 4 is 53.0 Å². The molecule has 3 aromatic carbocycles. The summed E-state index contributed by atoms with van der Waals surface area (Å²) in [5.41, 5.74) is 5.97. The van der Waals surface area contributed by atoms with Crippen LogP contribution in [0.15, 0.2) is 99.8 Å². The van der Waals surface area contributed by atoms with E-state index in [0.717, 1.165) is 36.3 Å². The van der Waals surface area contributed by atoms with Gasteiger partial charge in [0.1, 0.15) is 11.2 Å². The first-order valence-corrected chi connectivity index (χ1v) is 15.3. The van der Waals surface area contributed by atoms with Gasteiger partial charge in [0.2, 0.25) is 0 Å². The molecular weight excluding hydrogens is 568 g/mol. The average molecular weight is 597 g/mol. The van der Waals surface area contributed by atoms with E-state index >= 15 is 0 Å². The Kier molecular flexibility index (Phi) is 7.23. The third-order valence-electron chi connectivity index (χ3n) is 7.87. The fourth-order valence-electron chi connectivity index (χ4n) is 5.75. The van der Waals surface area contributed by atoms with E-state index in [2.05, 4.69) is 38.0 Å². The lowest BCUT2D eigenvalue weighted by molar-refractivity contribution is -0.112. The number of thioether (sulfide) groups is 1. The van der Waals surface area contributed by atoms with Crippen molar-refractivity contribution in [3.63, 3.8) is 0 Å². The number of likely N-dealkylation sites (tertiary alicyclic amines) is 1. The molecule has 42 heavy (non-hydrogen) atoms. The lowest BCUT2D eigenvalue weighted by atomic mass is 10.0. The van der Waals surface area contributed by atoms with Gasteiger partial charge in [-0.05, 0) is 79.0 Å². The molecule has 0 bridgehead atoms. The fourth-order valence-corrected chi connectivity index (χ4v) is 7.00. The van der Waals surface area contributed by atoms with E-state index in [4.69, 9.17) is 11.6 Å². The molecule has 4 aliphatic heterocycles. The topological polar surface area (TPSA) is 89.1 Å². The monoisotopic (exact) mass is 596 g/mol. The number of halogens is 1. The molecule has 8 nitrogen and oxygen atoms in total. The Labute approximate surface area is 253 Å². The average Bonchev–Trinajstić information content (AvgIpc) is 3.39. The zero-order valence-electron chi connectivity index (χ0n) is 22.8. The van der Waals surface area contributed by atoms with E-state index in [1.54, 1.807) is 11.2 Å². The Morgan fingerprint density at radius 1 is 0.952 bits per heavy atom. The summed E-state index contributed by atoms with van der Waals surface area (Å²) in [7, 11) is 0. The number of piperidine rings is 1. The highest BCUT2D eigenvalue weighted by molar-refractivity contribution is 8.05. The summed E-state index contributed by atoms with van der Waals surface area (Å²) in [6, 6.07) is 23.0. The third-order valence-corrected chi connectivity index (χ3v) is 9.33. The summed E-state index contributed by atoms with van der Waals surface area (Å²) < 4.78 is 0. The lowest BCUT2D eigenvalue weighted by Gasteiger charge is -2.34. The van der Waals surface area contributed by atoms with Gasteiger partial charge >= 0.3 is 6.03 Å². The number of benzene rings is 3. The number of hydrogen-bond donors (Lipinski definition) is 3. The molecule has 0 aliphatic carbocycles. The van der Waals surface area contributed by atoms with Crippen molar-refractivity contribution in [3.05, 3.63) is 105 Å². The van der Waals surface area contributed by atoms with Crippen LogP contribution in [0.25, 0.3) is 11.1 Å². The van der Waals surface area contributed by atoms with Gasteiger partial charge in [0.15, 0.2) is 0 Å². The van der Waals surface area contributed by atoms with E-state index in [1.807, 2.05) is 60.7 Å². The number of rotatable bonds is 6. The summed E-state index contributed by atoms with van der Waals surface area (Å²) in [6.07, 6.45) is 5.41. The Morgan fingerprint density at radius 3 is 2.36 bits per heavy atom. The molecule has 4 heterocycles. The molecule has 212 valence electrons.